The number of carbonyl (C=O) groups excluding carboxylic acids is 2. The fourth-order valence-electron chi connectivity index (χ4n) is 3.67. The molecular formula is C28H32N2O3S. The fourth-order valence-corrected chi connectivity index (χ4v) is 4.54. The number of thioether (sulfide) groups is 1. The van der Waals surface area contributed by atoms with E-state index in [2.05, 4.69) is 5.32 Å². The summed E-state index contributed by atoms with van der Waals surface area (Å²) in [5.74, 6) is 1.59. The molecule has 0 aliphatic carbocycles. The Morgan fingerprint density at radius 2 is 1.56 bits per heavy atom. The standard InChI is InChI=1S/C28H32N2O3S/c1-21-9-11-23(12-10-21)18-30(26(28(32)29-2)17-22-7-5-4-6-8-22)27(31)20-34-19-24-13-15-25(33-3)16-14-24/h4-16,26H,17-20H2,1-3H3,(H,29,32). The van der Waals surface area contributed by atoms with Gasteiger partial charge in [0.05, 0.1) is 12.9 Å². The highest BCUT2D eigenvalue weighted by Gasteiger charge is 2.29. The van der Waals surface area contributed by atoms with Crippen molar-refractivity contribution < 1.29 is 14.3 Å². The number of aryl methyl sites for hydroxylation is 1. The van der Waals surface area contributed by atoms with Crippen LogP contribution in [0.4, 0.5) is 0 Å². The Bertz CT molecular complexity index is 1050. The van der Waals surface area contributed by atoms with Crippen LogP contribution >= 0.6 is 11.8 Å². The highest BCUT2D eigenvalue weighted by molar-refractivity contribution is 7.99. The van der Waals surface area contributed by atoms with Crippen molar-refractivity contribution in [2.75, 3.05) is 19.9 Å². The second-order valence-electron chi connectivity index (χ2n) is 8.17. The maximum absolute atomic E-state index is 13.5. The Morgan fingerprint density at radius 3 is 2.18 bits per heavy atom. The lowest BCUT2D eigenvalue weighted by Gasteiger charge is -2.31. The number of nitrogens with one attached hydrogen (secondary N) is 1. The molecule has 3 aromatic rings. The maximum Gasteiger partial charge on any atom is 0.242 e. The zero-order valence-corrected chi connectivity index (χ0v) is 20.8. The molecule has 34 heavy (non-hydrogen) atoms. The van der Waals surface area contributed by atoms with Crippen LogP contribution in [0, 0.1) is 6.92 Å². The lowest BCUT2D eigenvalue weighted by Crippen LogP contribution is -2.50. The minimum atomic E-state index is -0.595. The van der Waals surface area contributed by atoms with E-state index in [1.165, 1.54) is 0 Å². The van der Waals surface area contributed by atoms with Crippen LogP contribution in [-0.4, -0.2) is 42.7 Å². The second kappa shape index (κ2) is 12.8. The van der Waals surface area contributed by atoms with Crippen LogP contribution in [0.1, 0.15) is 22.3 Å². The number of carbonyl (C=O) groups is 2. The predicted octanol–water partition coefficient (Wildman–Crippen LogP) is 4.62. The van der Waals surface area contributed by atoms with Gasteiger partial charge in [-0.05, 0) is 35.7 Å². The van der Waals surface area contributed by atoms with Gasteiger partial charge in [-0.2, -0.15) is 0 Å². The summed E-state index contributed by atoms with van der Waals surface area (Å²) in [7, 11) is 3.26. The van der Waals surface area contributed by atoms with Crippen molar-refractivity contribution in [3.63, 3.8) is 0 Å². The monoisotopic (exact) mass is 476 g/mol. The second-order valence-corrected chi connectivity index (χ2v) is 9.15. The summed E-state index contributed by atoms with van der Waals surface area (Å²) in [6.45, 7) is 2.42. The molecule has 1 unspecified atom stereocenters. The van der Waals surface area contributed by atoms with Crippen LogP contribution in [0.5, 0.6) is 5.75 Å². The number of methoxy groups -OCH3 is 1. The van der Waals surface area contributed by atoms with Gasteiger partial charge in [-0.25, -0.2) is 0 Å². The van der Waals surface area contributed by atoms with E-state index in [4.69, 9.17) is 4.74 Å². The summed E-state index contributed by atoms with van der Waals surface area (Å²) in [6, 6.07) is 25.2. The maximum atomic E-state index is 13.5. The molecule has 0 saturated carbocycles. The van der Waals surface area contributed by atoms with E-state index in [1.54, 1.807) is 30.8 Å². The number of rotatable bonds is 11. The molecule has 0 bridgehead atoms. The minimum Gasteiger partial charge on any atom is -0.497 e. The summed E-state index contributed by atoms with van der Waals surface area (Å²) in [4.78, 5) is 28.1. The summed E-state index contributed by atoms with van der Waals surface area (Å²) in [6.07, 6.45) is 0.460. The number of hydrogen-bond acceptors (Lipinski definition) is 4. The summed E-state index contributed by atoms with van der Waals surface area (Å²) in [5, 5.41) is 2.76. The lowest BCUT2D eigenvalue weighted by molar-refractivity contribution is -0.139. The van der Waals surface area contributed by atoms with Gasteiger partial charge in [-0.15, -0.1) is 11.8 Å². The molecule has 0 aromatic heterocycles. The molecule has 1 atom stereocenters. The van der Waals surface area contributed by atoms with Crippen LogP contribution < -0.4 is 10.1 Å². The first-order valence-electron chi connectivity index (χ1n) is 11.3. The number of hydrogen-bond donors (Lipinski definition) is 1. The molecule has 1 N–H and O–H groups in total. The number of amides is 2. The van der Waals surface area contributed by atoms with Gasteiger partial charge >= 0.3 is 0 Å². The van der Waals surface area contributed by atoms with Crippen molar-refractivity contribution in [3.8, 4) is 5.75 Å². The molecular weight excluding hydrogens is 444 g/mol. The molecule has 5 nitrogen and oxygen atoms in total. The third-order valence-electron chi connectivity index (χ3n) is 5.64. The van der Waals surface area contributed by atoms with Crippen molar-refractivity contribution >= 4 is 23.6 Å². The van der Waals surface area contributed by atoms with Crippen molar-refractivity contribution in [2.45, 2.75) is 31.7 Å². The zero-order chi connectivity index (χ0) is 24.3. The Morgan fingerprint density at radius 1 is 0.912 bits per heavy atom. The van der Waals surface area contributed by atoms with Crippen LogP contribution in [0.3, 0.4) is 0 Å². The first-order valence-corrected chi connectivity index (χ1v) is 12.5. The van der Waals surface area contributed by atoms with Crippen LogP contribution in [-0.2, 0) is 28.3 Å². The normalized spacial score (nSPS) is 11.5. The fraction of sp³-hybridized carbons (Fsp3) is 0.286. The third kappa shape index (κ3) is 7.39. The highest BCUT2D eigenvalue weighted by Crippen LogP contribution is 2.20. The van der Waals surface area contributed by atoms with Gasteiger partial charge in [-0.1, -0.05) is 72.3 Å². The van der Waals surface area contributed by atoms with E-state index in [1.807, 2.05) is 85.8 Å². The SMILES string of the molecule is CNC(=O)C(Cc1ccccc1)N(Cc1ccc(C)cc1)C(=O)CSCc1ccc(OC)cc1. The molecule has 0 aliphatic heterocycles. The molecule has 0 heterocycles. The number of likely N-dealkylation sites (N-methyl/N-ethyl adjacent to an activating group) is 1. The van der Waals surface area contributed by atoms with Crippen LogP contribution in [0.15, 0.2) is 78.9 Å². The number of benzene rings is 3. The molecule has 0 aliphatic rings. The van der Waals surface area contributed by atoms with E-state index in [-0.39, 0.29) is 11.8 Å². The zero-order valence-electron chi connectivity index (χ0n) is 20.0. The van der Waals surface area contributed by atoms with E-state index in [0.717, 1.165) is 28.0 Å². The summed E-state index contributed by atoms with van der Waals surface area (Å²) in [5.41, 5.74) is 4.30. The van der Waals surface area contributed by atoms with E-state index >= 15 is 0 Å². The Labute approximate surface area is 206 Å². The molecule has 3 aromatic carbocycles. The molecule has 0 radical (unpaired) electrons. The van der Waals surface area contributed by atoms with Gasteiger partial charge in [0.2, 0.25) is 11.8 Å². The number of nitrogens with zero attached hydrogens (tertiary/aromatic N) is 1. The van der Waals surface area contributed by atoms with Crippen LogP contribution in [0.25, 0.3) is 0 Å². The highest BCUT2D eigenvalue weighted by atomic mass is 32.2. The average Bonchev–Trinajstić information content (AvgIpc) is 2.87. The molecule has 178 valence electrons. The van der Waals surface area contributed by atoms with Crippen molar-refractivity contribution in [1.82, 2.24) is 10.2 Å². The molecule has 0 spiro atoms. The molecule has 6 heteroatoms. The first kappa shape index (κ1) is 25.4. The van der Waals surface area contributed by atoms with Gasteiger partial charge in [0.15, 0.2) is 0 Å². The van der Waals surface area contributed by atoms with Gasteiger partial charge < -0.3 is 15.0 Å². The summed E-state index contributed by atoms with van der Waals surface area (Å²) >= 11 is 1.55. The Kier molecular flexibility index (Phi) is 9.59. The van der Waals surface area contributed by atoms with E-state index < -0.39 is 6.04 Å². The van der Waals surface area contributed by atoms with Crippen molar-refractivity contribution in [1.29, 1.82) is 0 Å². The summed E-state index contributed by atoms with van der Waals surface area (Å²) < 4.78 is 5.21. The Hall–Kier alpha value is -3.25. The first-order chi connectivity index (χ1) is 16.5. The van der Waals surface area contributed by atoms with Gasteiger partial charge in [0.1, 0.15) is 11.8 Å². The molecule has 0 fully saturated rings. The van der Waals surface area contributed by atoms with Crippen molar-refractivity contribution in [2.24, 2.45) is 0 Å². The lowest BCUT2D eigenvalue weighted by atomic mass is 10.0. The van der Waals surface area contributed by atoms with Gasteiger partial charge in [-0.3, -0.25) is 9.59 Å². The molecule has 0 saturated heterocycles. The molecule has 3 rings (SSSR count). The number of ether oxygens (including phenoxy) is 1. The topological polar surface area (TPSA) is 58.6 Å². The minimum absolute atomic E-state index is 0.0522. The largest absolute Gasteiger partial charge is 0.497 e. The Balaban J connectivity index is 1.77. The smallest absolute Gasteiger partial charge is 0.242 e. The van der Waals surface area contributed by atoms with Crippen molar-refractivity contribution in [3.05, 3.63) is 101 Å². The van der Waals surface area contributed by atoms with E-state index in [0.29, 0.717) is 24.5 Å². The van der Waals surface area contributed by atoms with Crippen LogP contribution in [0.2, 0.25) is 0 Å². The van der Waals surface area contributed by atoms with Gasteiger partial charge in [0, 0.05) is 25.8 Å². The van der Waals surface area contributed by atoms with E-state index in [9.17, 15) is 9.59 Å². The molecule has 2 amide bonds. The predicted molar refractivity (Wildman–Crippen MR) is 139 cm³/mol. The quantitative estimate of drug-likeness (QED) is 0.439. The third-order valence-corrected chi connectivity index (χ3v) is 6.63. The van der Waals surface area contributed by atoms with Gasteiger partial charge in [0.25, 0.3) is 0 Å². The average molecular weight is 477 g/mol.